The molecular weight excluding hydrogens is 232 g/mol. The Kier molecular flexibility index (Phi) is 4.39. The SMILES string of the molecule is CCOC(=O)CNS(=O)(=O)c1ccccn1. The lowest BCUT2D eigenvalue weighted by Gasteiger charge is -2.05. The fourth-order valence-electron chi connectivity index (χ4n) is 0.946. The maximum Gasteiger partial charge on any atom is 0.321 e. The van der Waals surface area contributed by atoms with Crippen molar-refractivity contribution in [2.24, 2.45) is 0 Å². The summed E-state index contributed by atoms with van der Waals surface area (Å²) in [6.45, 7) is 1.46. The van der Waals surface area contributed by atoms with Crippen molar-refractivity contribution in [1.29, 1.82) is 0 Å². The Morgan fingerprint density at radius 1 is 1.50 bits per heavy atom. The minimum absolute atomic E-state index is 0.126. The van der Waals surface area contributed by atoms with Crippen LogP contribution >= 0.6 is 0 Å². The van der Waals surface area contributed by atoms with Crippen molar-refractivity contribution in [3.8, 4) is 0 Å². The second-order valence-electron chi connectivity index (χ2n) is 2.80. The van der Waals surface area contributed by atoms with Crippen LogP contribution in [0, 0.1) is 0 Å². The Morgan fingerprint density at radius 3 is 2.81 bits per heavy atom. The first-order chi connectivity index (χ1) is 7.56. The molecule has 1 aromatic heterocycles. The Hall–Kier alpha value is -1.47. The van der Waals surface area contributed by atoms with Crippen molar-refractivity contribution in [1.82, 2.24) is 9.71 Å². The van der Waals surface area contributed by atoms with Crippen LogP contribution in [0.4, 0.5) is 0 Å². The van der Waals surface area contributed by atoms with E-state index in [-0.39, 0.29) is 11.6 Å². The molecule has 0 unspecified atom stereocenters. The van der Waals surface area contributed by atoms with E-state index in [0.717, 1.165) is 0 Å². The predicted octanol–water partition coefficient (Wildman–Crippen LogP) is -0.0770. The lowest BCUT2D eigenvalue weighted by Crippen LogP contribution is -2.31. The number of aromatic nitrogens is 1. The van der Waals surface area contributed by atoms with E-state index >= 15 is 0 Å². The highest BCUT2D eigenvalue weighted by molar-refractivity contribution is 7.89. The molecule has 0 atom stereocenters. The van der Waals surface area contributed by atoms with Crippen molar-refractivity contribution >= 4 is 16.0 Å². The molecule has 0 spiro atoms. The van der Waals surface area contributed by atoms with Crippen molar-refractivity contribution in [2.45, 2.75) is 11.9 Å². The Labute approximate surface area is 93.7 Å². The van der Waals surface area contributed by atoms with Gasteiger partial charge in [-0.1, -0.05) is 6.07 Å². The molecule has 1 N–H and O–H groups in total. The number of esters is 1. The molecule has 0 saturated carbocycles. The highest BCUT2D eigenvalue weighted by Gasteiger charge is 2.16. The van der Waals surface area contributed by atoms with Gasteiger partial charge in [-0.05, 0) is 19.1 Å². The average molecular weight is 244 g/mol. The lowest BCUT2D eigenvalue weighted by atomic mass is 10.5. The van der Waals surface area contributed by atoms with Gasteiger partial charge in [0.2, 0.25) is 0 Å². The monoisotopic (exact) mass is 244 g/mol. The topological polar surface area (TPSA) is 85.4 Å². The van der Waals surface area contributed by atoms with E-state index in [2.05, 4.69) is 14.4 Å². The molecule has 16 heavy (non-hydrogen) atoms. The summed E-state index contributed by atoms with van der Waals surface area (Å²) in [6, 6.07) is 4.49. The summed E-state index contributed by atoms with van der Waals surface area (Å²) in [6.07, 6.45) is 1.36. The smallest absolute Gasteiger partial charge is 0.321 e. The third-order valence-electron chi connectivity index (χ3n) is 1.62. The van der Waals surface area contributed by atoms with E-state index in [4.69, 9.17) is 0 Å². The number of pyridine rings is 1. The highest BCUT2D eigenvalue weighted by Crippen LogP contribution is 2.02. The van der Waals surface area contributed by atoms with E-state index in [1.165, 1.54) is 12.3 Å². The molecule has 88 valence electrons. The third kappa shape index (κ3) is 3.59. The zero-order chi connectivity index (χ0) is 12.0. The number of nitrogens with one attached hydrogen (secondary N) is 1. The van der Waals surface area contributed by atoms with Crippen LogP contribution in [-0.4, -0.2) is 32.5 Å². The van der Waals surface area contributed by atoms with Crippen molar-refractivity contribution in [3.63, 3.8) is 0 Å². The van der Waals surface area contributed by atoms with Crippen LogP contribution in [0.25, 0.3) is 0 Å². The highest BCUT2D eigenvalue weighted by atomic mass is 32.2. The van der Waals surface area contributed by atoms with Crippen LogP contribution in [0.3, 0.4) is 0 Å². The van der Waals surface area contributed by atoms with Crippen molar-refractivity contribution in [2.75, 3.05) is 13.2 Å². The summed E-state index contributed by atoms with van der Waals surface area (Å²) in [7, 11) is -3.74. The Balaban J connectivity index is 2.64. The second-order valence-corrected chi connectivity index (χ2v) is 4.51. The van der Waals surface area contributed by atoms with Gasteiger partial charge in [-0.15, -0.1) is 0 Å². The zero-order valence-electron chi connectivity index (χ0n) is 8.71. The van der Waals surface area contributed by atoms with Gasteiger partial charge < -0.3 is 4.74 Å². The van der Waals surface area contributed by atoms with Crippen LogP contribution in [0.5, 0.6) is 0 Å². The van der Waals surface area contributed by atoms with Crippen molar-refractivity contribution < 1.29 is 17.9 Å². The predicted molar refractivity (Wildman–Crippen MR) is 56.1 cm³/mol. The van der Waals surface area contributed by atoms with Gasteiger partial charge in [-0.25, -0.2) is 13.4 Å². The van der Waals surface area contributed by atoms with Crippen LogP contribution < -0.4 is 4.72 Å². The van der Waals surface area contributed by atoms with Crippen molar-refractivity contribution in [3.05, 3.63) is 24.4 Å². The fraction of sp³-hybridized carbons (Fsp3) is 0.333. The molecule has 6 nitrogen and oxygen atoms in total. The first-order valence-corrected chi connectivity index (χ1v) is 6.11. The number of rotatable bonds is 5. The number of hydrogen-bond acceptors (Lipinski definition) is 5. The minimum Gasteiger partial charge on any atom is -0.465 e. The van der Waals surface area contributed by atoms with Crippen LogP contribution in [0.1, 0.15) is 6.92 Å². The normalized spacial score (nSPS) is 11.1. The summed E-state index contributed by atoms with van der Waals surface area (Å²) in [4.78, 5) is 14.6. The summed E-state index contributed by atoms with van der Waals surface area (Å²) in [5.41, 5.74) is 0. The number of carbonyl (C=O) groups is 1. The standard InChI is InChI=1S/C9H12N2O4S/c1-2-15-9(12)7-11-16(13,14)8-5-3-4-6-10-8/h3-6,11H,2,7H2,1H3. The fourth-order valence-corrected chi connectivity index (χ4v) is 1.86. The summed E-state index contributed by atoms with van der Waals surface area (Å²) in [5, 5.41) is -0.126. The van der Waals surface area contributed by atoms with E-state index in [1.54, 1.807) is 19.1 Å². The molecule has 0 aromatic carbocycles. The van der Waals surface area contributed by atoms with Gasteiger partial charge in [0.05, 0.1) is 6.61 Å². The molecule has 0 amide bonds. The van der Waals surface area contributed by atoms with Gasteiger partial charge in [0, 0.05) is 6.20 Å². The summed E-state index contributed by atoms with van der Waals surface area (Å²) >= 11 is 0. The molecule has 0 aliphatic carbocycles. The van der Waals surface area contributed by atoms with E-state index in [0.29, 0.717) is 0 Å². The minimum atomic E-state index is -3.74. The van der Waals surface area contributed by atoms with Gasteiger partial charge >= 0.3 is 5.97 Å². The largest absolute Gasteiger partial charge is 0.465 e. The molecule has 7 heteroatoms. The number of nitrogens with zero attached hydrogens (tertiary/aromatic N) is 1. The van der Waals surface area contributed by atoms with Gasteiger partial charge in [-0.2, -0.15) is 4.72 Å². The molecule has 0 fully saturated rings. The van der Waals surface area contributed by atoms with Gasteiger partial charge in [0.25, 0.3) is 10.0 Å². The van der Waals surface area contributed by atoms with Crippen LogP contribution in [0.2, 0.25) is 0 Å². The van der Waals surface area contributed by atoms with Crippen LogP contribution in [-0.2, 0) is 19.6 Å². The Morgan fingerprint density at radius 2 is 2.25 bits per heavy atom. The average Bonchev–Trinajstić information content (AvgIpc) is 2.28. The summed E-state index contributed by atoms with van der Waals surface area (Å²) in [5.74, 6) is -0.623. The number of hydrogen-bond donors (Lipinski definition) is 1. The van der Waals surface area contributed by atoms with Gasteiger partial charge in [-0.3, -0.25) is 4.79 Å². The molecule has 1 aromatic rings. The lowest BCUT2D eigenvalue weighted by molar-refractivity contribution is -0.141. The first kappa shape index (κ1) is 12.6. The first-order valence-electron chi connectivity index (χ1n) is 4.62. The number of sulfonamides is 1. The molecule has 0 aliphatic rings. The maximum atomic E-state index is 11.6. The van der Waals surface area contributed by atoms with E-state index in [1.807, 2.05) is 0 Å². The van der Waals surface area contributed by atoms with Gasteiger partial charge in [0.15, 0.2) is 5.03 Å². The Bertz CT molecular complexity index is 444. The molecule has 0 aliphatic heterocycles. The molecule has 0 bridgehead atoms. The molecule has 1 heterocycles. The number of carbonyl (C=O) groups excluding carboxylic acids is 1. The summed E-state index contributed by atoms with van der Waals surface area (Å²) < 4.78 is 29.8. The van der Waals surface area contributed by atoms with Gasteiger partial charge in [0.1, 0.15) is 6.54 Å². The third-order valence-corrected chi connectivity index (χ3v) is 2.94. The second kappa shape index (κ2) is 5.57. The van der Waals surface area contributed by atoms with E-state index < -0.39 is 22.5 Å². The van der Waals surface area contributed by atoms with Crippen LogP contribution in [0.15, 0.2) is 29.4 Å². The molecule has 1 rings (SSSR count). The molecule has 0 saturated heterocycles. The maximum absolute atomic E-state index is 11.6. The molecule has 0 radical (unpaired) electrons. The number of ether oxygens (including phenoxy) is 1. The molecular formula is C9H12N2O4S. The quantitative estimate of drug-likeness (QED) is 0.732. The van der Waals surface area contributed by atoms with E-state index in [9.17, 15) is 13.2 Å². The zero-order valence-corrected chi connectivity index (χ0v) is 9.53.